The molecule has 82 valence electrons. The summed E-state index contributed by atoms with van der Waals surface area (Å²) in [5, 5.41) is 3.44. The molecule has 0 fully saturated rings. The lowest BCUT2D eigenvalue weighted by Gasteiger charge is -2.27. The number of nitrogens with one attached hydrogen (secondary N) is 1. The third-order valence-electron chi connectivity index (χ3n) is 2.91. The number of fused-ring (bicyclic) bond motifs is 1. The first-order valence-electron chi connectivity index (χ1n) is 5.43. The zero-order valence-corrected chi connectivity index (χ0v) is 10.4. The van der Waals surface area contributed by atoms with E-state index in [1.165, 1.54) is 5.56 Å². The van der Waals surface area contributed by atoms with Gasteiger partial charge in [0.25, 0.3) is 0 Å². The quantitative estimate of drug-likeness (QED) is 0.867. The van der Waals surface area contributed by atoms with Crippen molar-refractivity contribution in [3.05, 3.63) is 33.5 Å². The third kappa shape index (κ3) is 2.23. The van der Waals surface area contributed by atoms with Crippen LogP contribution in [0.15, 0.2) is 16.6 Å². The predicted octanol–water partition coefficient (Wildman–Crippen LogP) is 3.58. The van der Waals surface area contributed by atoms with E-state index in [2.05, 4.69) is 28.2 Å². The predicted molar refractivity (Wildman–Crippen MR) is 63.5 cm³/mol. The molecule has 1 nitrogen and oxygen atoms in total. The highest BCUT2D eigenvalue weighted by Crippen LogP contribution is 2.32. The maximum absolute atomic E-state index is 13.3. The first-order valence-corrected chi connectivity index (χ1v) is 6.23. The van der Waals surface area contributed by atoms with Crippen LogP contribution in [0.2, 0.25) is 0 Å². The number of halogens is 2. The molecule has 0 radical (unpaired) electrons. The molecule has 1 N–H and O–H groups in total. The van der Waals surface area contributed by atoms with Gasteiger partial charge in [-0.1, -0.05) is 29.3 Å². The number of hydrogen-bond acceptors (Lipinski definition) is 1. The summed E-state index contributed by atoms with van der Waals surface area (Å²) in [6, 6.07) is 3.56. The monoisotopic (exact) mass is 271 g/mol. The Kier molecular flexibility index (Phi) is 3.42. The second-order valence-electron chi connectivity index (χ2n) is 4.00. The summed E-state index contributed by atoms with van der Waals surface area (Å²) in [7, 11) is 0. The van der Waals surface area contributed by atoms with E-state index in [0.29, 0.717) is 6.04 Å². The summed E-state index contributed by atoms with van der Waals surface area (Å²) in [5.74, 6) is -0.148. The van der Waals surface area contributed by atoms with Crippen LogP contribution < -0.4 is 5.32 Å². The van der Waals surface area contributed by atoms with Crippen molar-refractivity contribution >= 4 is 15.9 Å². The van der Waals surface area contributed by atoms with Crippen molar-refractivity contribution < 1.29 is 4.39 Å². The molecule has 1 atom stereocenters. The highest BCUT2D eigenvalue weighted by Gasteiger charge is 2.21. The molecule has 1 aliphatic heterocycles. The summed E-state index contributed by atoms with van der Waals surface area (Å²) >= 11 is 3.44. The van der Waals surface area contributed by atoms with Gasteiger partial charge < -0.3 is 5.32 Å². The molecule has 3 heteroatoms. The summed E-state index contributed by atoms with van der Waals surface area (Å²) in [4.78, 5) is 0. The summed E-state index contributed by atoms with van der Waals surface area (Å²) in [6.07, 6.45) is 3.17. The van der Waals surface area contributed by atoms with Crippen molar-refractivity contribution in [3.63, 3.8) is 0 Å². The Morgan fingerprint density at radius 1 is 1.53 bits per heavy atom. The molecular formula is C12H15BrFN. The van der Waals surface area contributed by atoms with Gasteiger partial charge >= 0.3 is 0 Å². The topological polar surface area (TPSA) is 12.0 Å². The lowest BCUT2D eigenvalue weighted by atomic mass is 9.92. The van der Waals surface area contributed by atoms with Crippen LogP contribution >= 0.6 is 15.9 Å². The van der Waals surface area contributed by atoms with Crippen molar-refractivity contribution in [3.8, 4) is 0 Å². The zero-order chi connectivity index (χ0) is 10.8. The van der Waals surface area contributed by atoms with Gasteiger partial charge in [0.15, 0.2) is 0 Å². The smallest absolute Gasteiger partial charge is 0.124 e. The Balaban J connectivity index is 2.41. The average Bonchev–Trinajstić information content (AvgIpc) is 2.19. The van der Waals surface area contributed by atoms with Crippen LogP contribution in [0.1, 0.15) is 36.9 Å². The van der Waals surface area contributed by atoms with Crippen LogP contribution in [0.3, 0.4) is 0 Å². The van der Waals surface area contributed by atoms with Gasteiger partial charge in [0.1, 0.15) is 5.82 Å². The number of hydrogen-bond donors (Lipinski definition) is 1. The van der Waals surface area contributed by atoms with Gasteiger partial charge in [-0.05, 0) is 42.6 Å². The first-order chi connectivity index (χ1) is 7.22. The lowest BCUT2D eigenvalue weighted by Crippen LogP contribution is -2.30. The Morgan fingerprint density at radius 3 is 3.07 bits per heavy atom. The number of rotatable bonds is 2. The van der Waals surface area contributed by atoms with Crippen LogP contribution in [0.25, 0.3) is 0 Å². The number of benzene rings is 1. The van der Waals surface area contributed by atoms with E-state index in [0.717, 1.165) is 35.8 Å². The highest BCUT2D eigenvalue weighted by atomic mass is 79.9. The summed E-state index contributed by atoms with van der Waals surface area (Å²) in [5.41, 5.74) is 2.41. The van der Waals surface area contributed by atoms with Crippen LogP contribution in [0, 0.1) is 5.82 Å². The van der Waals surface area contributed by atoms with Gasteiger partial charge in [0.05, 0.1) is 0 Å². The minimum atomic E-state index is -0.148. The molecule has 15 heavy (non-hydrogen) atoms. The van der Waals surface area contributed by atoms with E-state index in [9.17, 15) is 4.39 Å². The third-order valence-corrected chi connectivity index (χ3v) is 3.62. The molecule has 2 rings (SSSR count). The Morgan fingerprint density at radius 2 is 2.33 bits per heavy atom. The van der Waals surface area contributed by atoms with Crippen LogP contribution in [0.4, 0.5) is 4.39 Å². The fourth-order valence-corrected chi connectivity index (χ4v) is 2.87. The molecule has 1 aliphatic rings. The van der Waals surface area contributed by atoms with Crippen LogP contribution in [-0.2, 0) is 6.42 Å². The van der Waals surface area contributed by atoms with Gasteiger partial charge in [-0.2, -0.15) is 0 Å². The highest BCUT2D eigenvalue weighted by molar-refractivity contribution is 9.10. The second-order valence-corrected chi connectivity index (χ2v) is 4.86. The van der Waals surface area contributed by atoms with Gasteiger partial charge in [-0.25, -0.2) is 4.39 Å². The fourth-order valence-electron chi connectivity index (χ4n) is 2.23. The standard InChI is InChI=1S/C12H15BrFN/c1-2-3-12-10-6-8(14)7-11(13)9(10)4-5-15-12/h6-7,12,15H,2-5H2,1H3. The molecule has 0 spiro atoms. The van der Waals surface area contributed by atoms with Crippen molar-refractivity contribution in [2.24, 2.45) is 0 Å². The molecule has 0 bridgehead atoms. The van der Waals surface area contributed by atoms with Crippen molar-refractivity contribution in [1.29, 1.82) is 0 Å². The second kappa shape index (κ2) is 4.62. The molecule has 0 aromatic heterocycles. The van der Waals surface area contributed by atoms with Crippen LogP contribution in [0.5, 0.6) is 0 Å². The molecule has 1 aromatic rings. The lowest BCUT2D eigenvalue weighted by molar-refractivity contribution is 0.466. The SMILES string of the molecule is CCCC1NCCc2c(Br)cc(F)cc21. The van der Waals surface area contributed by atoms with Crippen molar-refractivity contribution in [1.82, 2.24) is 5.32 Å². The van der Waals surface area contributed by atoms with E-state index in [4.69, 9.17) is 0 Å². The van der Waals surface area contributed by atoms with Gasteiger partial charge in [0, 0.05) is 10.5 Å². The molecule has 1 unspecified atom stereocenters. The minimum Gasteiger partial charge on any atom is -0.310 e. The van der Waals surface area contributed by atoms with Crippen molar-refractivity contribution in [2.75, 3.05) is 6.54 Å². The normalized spacial score (nSPS) is 20.1. The van der Waals surface area contributed by atoms with Crippen molar-refractivity contribution in [2.45, 2.75) is 32.2 Å². The molecule has 0 amide bonds. The molecule has 0 saturated carbocycles. The zero-order valence-electron chi connectivity index (χ0n) is 8.82. The Bertz CT molecular complexity index is 365. The average molecular weight is 272 g/mol. The molecule has 0 aliphatic carbocycles. The van der Waals surface area contributed by atoms with Gasteiger partial charge in [-0.3, -0.25) is 0 Å². The van der Waals surface area contributed by atoms with Gasteiger partial charge in [-0.15, -0.1) is 0 Å². The van der Waals surface area contributed by atoms with Gasteiger partial charge in [0.2, 0.25) is 0 Å². The maximum atomic E-state index is 13.3. The Hall–Kier alpha value is -0.410. The summed E-state index contributed by atoms with van der Waals surface area (Å²) in [6.45, 7) is 3.15. The van der Waals surface area contributed by atoms with E-state index in [-0.39, 0.29) is 5.82 Å². The maximum Gasteiger partial charge on any atom is 0.124 e. The van der Waals surface area contributed by atoms with E-state index in [1.54, 1.807) is 12.1 Å². The fraction of sp³-hybridized carbons (Fsp3) is 0.500. The first kappa shape index (κ1) is 11.1. The molecular weight excluding hydrogens is 257 g/mol. The molecule has 1 heterocycles. The largest absolute Gasteiger partial charge is 0.310 e. The summed E-state index contributed by atoms with van der Waals surface area (Å²) < 4.78 is 14.2. The van der Waals surface area contributed by atoms with Crippen LogP contribution in [-0.4, -0.2) is 6.54 Å². The Labute approximate surface area is 98.2 Å². The van der Waals surface area contributed by atoms with E-state index >= 15 is 0 Å². The minimum absolute atomic E-state index is 0.148. The molecule has 1 aromatic carbocycles. The van der Waals surface area contributed by atoms with E-state index < -0.39 is 0 Å². The van der Waals surface area contributed by atoms with E-state index in [1.807, 2.05) is 0 Å². The molecule has 0 saturated heterocycles.